The van der Waals surface area contributed by atoms with Crippen LogP contribution in [-0.4, -0.2) is 32.5 Å². The Balaban J connectivity index is 4.50. The molecule has 1 N–H and O–H groups in total. The number of sulfone groups is 1. The number of nitrogens with one attached hydrogen (secondary N) is 1. The second-order valence-corrected chi connectivity index (χ2v) is 8.20. The van der Waals surface area contributed by atoms with Gasteiger partial charge >= 0.3 is 0 Å². The molecule has 0 heterocycles. The van der Waals surface area contributed by atoms with Gasteiger partial charge < -0.3 is 5.32 Å². The average Bonchev–Trinajstić information content (AvgIpc) is 2.08. The summed E-state index contributed by atoms with van der Waals surface area (Å²) in [4.78, 5) is 0. The molecular weight excluding hydrogens is 222 g/mol. The fourth-order valence-corrected chi connectivity index (χ4v) is 2.48. The molecule has 0 aromatic carbocycles. The van der Waals surface area contributed by atoms with Crippen LogP contribution < -0.4 is 5.32 Å². The van der Waals surface area contributed by atoms with E-state index in [0.29, 0.717) is 0 Å². The molecule has 0 aromatic rings. The van der Waals surface area contributed by atoms with Gasteiger partial charge in [-0.3, -0.25) is 0 Å². The molecule has 0 saturated heterocycles. The van der Waals surface area contributed by atoms with Crippen molar-refractivity contribution in [2.45, 2.75) is 58.8 Å². The van der Waals surface area contributed by atoms with Gasteiger partial charge in [-0.2, -0.15) is 0 Å². The molecule has 0 fully saturated rings. The molecule has 0 bridgehead atoms. The van der Waals surface area contributed by atoms with Crippen molar-refractivity contribution in [3.05, 3.63) is 0 Å². The van der Waals surface area contributed by atoms with Crippen LogP contribution in [0.25, 0.3) is 0 Å². The molecule has 0 spiro atoms. The highest BCUT2D eigenvalue weighted by atomic mass is 32.2. The fraction of sp³-hybridized carbons (Fsp3) is 1.00. The van der Waals surface area contributed by atoms with Gasteiger partial charge in [0.05, 0.1) is 5.25 Å². The maximum absolute atomic E-state index is 11.5. The first-order valence-electron chi connectivity index (χ1n) is 6.00. The van der Waals surface area contributed by atoms with E-state index in [0.717, 1.165) is 19.4 Å². The van der Waals surface area contributed by atoms with E-state index in [4.69, 9.17) is 0 Å². The van der Waals surface area contributed by atoms with Gasteiger partial charge in [-0.05, 0) is 31.7 Å². The van der Waals surface area contributed by atoms with Crippen LogP contribution in [0.2, 0.25) is 0 Å². The first-order valence-corrected chi connectivity index (χ1v) is 7.95. The van der Waals surface area contributed by atoms with Gasteiger partial charge in [-0.25, -0.2) is 8.42 Å². The normalized spacial score (nSPS) is 17.1. The Morgan fingerprint density at radius 2 is 1.75 bits per heavy atom. The van der Waals surface area contributed by atoms with Crippen LogP contribution >= 0.6 is 0 Å². The Bertz CT molecular complexity index is 291. The molecule has 2 unspecified atom stereocenters. The van der Waals surface area contributed by atoms with Gasteiger partial charge in [0, 0.05) is 12.3 Å². The van der Waals surface area contributed by atoms with Crippen LogP contribution in [0.3, 0.4) is 0 Å². The lowest BCUT2D eigenvalue weighted by molar-refractivity contribution is 0.328. The quantitative estimate of drug-likeness (QED) is 0.785. The molecule has 0 saturated carbocycles. The van der Waals surface area contributed by atoms with E-state index in [1.54, 1.807) is 6.92 Å². The first-order chi connectivity index (χ1) is 7.08. The summed E-state index contributed by atoms with van der Waals surface area (Å²) in [6.45, 7) is 11.2. The summed E-state index contributed by atoms with van der Waals surface area (Å²) in [5.74, 6) is 0. The lowest BCUT2D eigenvalue weighted by Crippen LogP contribution is -2.42. The van der Waals surface area contributed by atoms with Crippen LogP contribution in [-0.2, 0) is 9.84 Å². The van der Waals surface area contributed by atoms with Gasteiger partial charge in [-0.15, -0.1) is 0 Å². The summed E-state index contributed by atoms with van der Waals surface area (Å²) < 4.78 is 23.1. The smallest absolute Gasteiger partial charge is 0.151 e. The Hall–Kier alpha value is -0.0900. The van der Waals surface area contributed by atoms with Gasteiger partial charge in [-0.1, -0.05) is 27.7 Å². The van der Waals surface area contributed by atoms with Gasteiger partial charge in [0.2, 0.25) is 0 Å². The molecule has 0 aliphatic rings. The maximum atomic E-state index is 11.5. The van der Waals surface area contributed by atoms with Crippen molar-refractivity contribution >= 4 is 9.84 Å². The molecule has 2 atom stereocenters. The highest BCUT2D eigenvalue weighted by Gasteiger charge is 2.26. The predicted molar refractivity (Wildman–Crippen MR) is 70.5 cm³/mol. The first kappa shape index (κ1) is 15.9. The van der Waals surface area contributed by atoms with E-state index in [-0.39, 0.29) is 16.7 Å². The van der Waals surface area contributed by atoms with Crippen molar-refractivity contribution in [3.63, 3.8) is 0 Å². The van der Waals surface area contributed by atoms with Gasteiger partial charge in [0.15, 0.2) is 9.84 Å². The highest BCUT2D eigenvalue weighted by molar-refractivity contribution is 7.91. The topological polar surface area (TPSA) is 46.2 Å². The van der Waals surface area contributed by atoms with E-state index in [1.807, 2.05) is 6.92 Å². The van der Waals surface area contributed by atoms with Crippen molar-refractivity contribution in [2.24, 2.45) is 5.41 Å². The Morgan fingerprint density at radius 1 is 1.25 bits per heavy atom. The summed E-state index contributed by atoms with van der Waals surface area (Å²) >= 11 is 0. The summed E-state index contributed by atoms with van der Waals surface area (Å²) in [5, 5.41) is 2.97. The van der Waals surface area contributed by atoms with E-state index < -0.39 is 9.84 Å². The SMILES string of the molecule is CCNC(CCC(C)(C)C)C(C)S(C)(=O)=O. The molecule has 3 nitrogen and oxygen atoms in total. The number of hydrogen-bond donors (Lipinski definition) is 1. The summed E-state index contributed by atoms with van der Waals surface area (Å²) in [5.41, 5.74) is 0.255. The largest absolute Gasteiger partial charge is 0.313 e. The van der Waals surface area contributed by atoms with Crippen LogP contribution in [0.5, 0.6) is 0 Å². The summed E-state index contributed by atoms with van der Waals surface area (Å²) in [6, 6.07) is 0.0687. The molecule has 0 aromatic heterocycles. The molecule has 0 amide bonds. The molecular formula is C12H27NO2S. The third kappa shape index (κ3) is 6.48. The number of rotatable bonds is 6. The van der Waals surface area contributed by atoms with Crippen LogP contribution in [0.4, 0.5) is 0 Å². The van der Waals surface area contributed by atoms with Crippen molar-refractivity contribution < 1.29 is 8.42 Å². The maximum Gasteiger partial charge on any atom is 0.151 e. The third-order valence-corrected chi connectivity index (χ3v) is 4.59. The van der Waals surface area contributed by atoms with Crippen LogP contribution in [0.15, 0.2) is 0 Å². The fourth-order valence-electron chi connectivity index (χ4n) is 1.65. The highest BCUT2D eigenvalue weighted by Crippen LogP contribution is 2.23. The Morgan fingerprint density at radius 3 is 2.06 bits per heavy atom. The van der Waals surface area contributed by atoms with Crippen molar-refractivity contribution in [1.29, 1.82) is 0 Å². The predicted octanol–water partition coefficient (Wildman–Crippen LogP) is 2.22. The van der Waals surface area contributed by atoms with E-state index >= 15 is 0 Å². The zero-order valence-electron chi connectivity index (χ0n) is 11.5. The second kappa shape index (κ2) is 6.01. The Labute approximate surface area is 101 Å². The molecule has 98 valence electrons. The van der Waals surface area contributed by atoms with E-state index in [1.165, 1.54) is 6.26 Å². The molecule has 16 heavy (non-hydrogen) atoms. The minimum atomic E-state index is -2.95. The zero-order valence-corrected chi connectivity index (χ0v) is 12.3. The molecule has 4 heteroatoms. The third-order valence-electron chi connectivity index (χ3n) is 2.91. The van der Waals surface area contributed by atoms with Crippen molar-refractivity contribution in [1.82, 2.24) is 5.32 Å². The minimum Gasteiger partial charge on any atom is -0.313 e. The van der Waals surface area contributed by atoms with Crippen LogP contribution in [0.1, 0.15) is 47.5 Å². The van der Waals surface area contributed by atoms with Gasteiger partial charge in [0.1, 0.15) is 0 Å². The van der Waals surface area contributed by atoms with Crippen molar-refractivity contribution in [2.75, 3.05) is 12.8 Å². The molecule has 0 rings (SSSR count). The minimum absolute atomic E-state index is 0.0687. The lowest BCUT2D eigenvalue weighted by Gasteiger charge is -2.27. The Kier molecular flexibility index (Phi) is 5.98. The monoisotopic (exact) mass is 249 g/mol. The van der Waals surface area contributed by atoms with E-state index in [2.05, 4.69) is 26.1 Å². The summed E-state index contributed by atoms with van der Waals surface area (Å²) in [6.07, 6.45) is 3.26. The zero-order chi connectivity index (χ0) is 13.0. The molecule has 0 aliphatic heterocycles. The van der Waals surface area contributed by atoms with Crippen molar-refractivity contribution in [3.8, 4) is 0 Å². The van der Waals surface area contributed by atoms with Crippen LogP contribution in [0, 0.1) is 5.41 Å². The summed E-state index contributed by atoms with van der Waals surface area (Å²) in [7, 11) is -2.95. The average molecular weight is 249 g/mol. The molecule has 0 radical (unpaired) electrons. The lowest BCUT2D eigenvalue weighted by atomic mass is 9.88. The standard InChI is InChI=1S/C12H27NO2S/c1-7-13-11(8-9-12(3,4)5)10(2)16(6,14)15/h10-11,13H,7-9H2,1-6H3. The van der Waals surface area contributed by atoms with Gasteiger partial charge in [0.25, 0.3) is 0 Å². The molecule has 0 aliphatic carbocycles. The number of hydrogen-bond acceptors (Lipinski definition) is 3. The second-order valence-electron chi connectivity index (χ2n) is 5.80. The van der Waals surface area contributed by atoms with E-state index in [9.17, 15) is 8.42 Å².